The van der Waals surface area contributed by atoms with Crippen molar-refractivity contribution in [3.63, 3.8) is 0 Å². The summed E-state index contributed by atoms with van der Waals surface area (Å²) < 4.78 is 33.6. The lowest BCUT2D eigenvalue weighted by Gasteiger charge is -2.25. The van der Waals surface area contributed by atoms with Gasteiger partial charge in [-0.15, -0.1) is 0 Å². The summed E-state index contributed by atoms with van der Waals surface area (Å²) in [5.74, 6) is 0.953. The number of aromatic nitrogens is 2. The number of nitrogens with zero attached hydrogens (tertiary/aromatic N) is 1. The number of imidazole rings is 1. The standard InChI is InChI=1S/C25H33N5O4S/c1-17(14-18-8-4-3-5-9-18)26-16-19-10-6-7-11-21(19)30-35(32,33)20-12-13-22-23(15-20)28-24(27-22)29-25(31)34-2/h6-7,10-13,15,17-18,26,30H,3-5,8-9,14,16H2,1-2H3,(H2,27,28,29,31)/t17-/m0/s1. The molecule has 10 heteroatoms. The van der Waals surface area contributed by atoms with Crippen LogP contribution in [0.3, 0.4) is 0 Å². The number of ether oxygens (including phenoxy) is 1. The molecule has 1 heterocycles. The average molecular weight is 500 g/mol. The number of rotatable bonds is 9. The first-order chi connectivity index (χ1) is 16.8. The number of para-hydroxylation sites is 1. The van der Waals surface area contributed by atoms with Gasteiger partial charge in [-0.05, 0) is 49.1 Å². The number of carbonyl (C=O) groups excluding carboxylic acids is 1. The van der Waals surface area contributed by atoms with Crippen molar-refractivity contribution in [2.75, 3.05) is 17.1 Å². The number of benzene rings is 2. The van der Waals surface area contributed by atoms with Gasteiger partial charge in [0, 0.05) is 12.6 Å². The molecule has 2 aromatic carbocycles. The van der Waals surface area contributed by atoms with E-state index in [-0.39, 0.29) is 10.8 Å². The van der Waals surface area contributed by atoms with E-state index in [1.54, 1.807) is 12.1 Å². The summed E-state index contributed by atoms with van der Waals surface area (Å²) in [5.41, 5.74) is 2.43. The number of anilines is 2. The minimum absolute atomic E-state index is 0.0895. The normalized spacial score (nSPS) is 15.6. The lowest BCUT2D eigenvalue weighted by molar-refractivity contribution is 0.186. The number of carbonyl (C=O) groups is 1. The molecule has 4 N–H and O–H groups in total. The van der Waals surface area contributed by atoms with E-state index in [0.29, 0.717) is 29.3 Å². The molecule has 1 atom stereocenters. The number of H-pyrrole nitrogens is 1. The van der Waals surface area contributed by atoms with E-state index < -0.39 is 16.1 Å². The van der Waals surface area contributed by atoms with Crippen LogP contribution in [0.5, 0.6) is 0 Å². The van der Waals surface area contributed by atoms with Crippen molar-refractivity contribution in [2.45, 2.75) is 62.9 Å². The second-order valence-electron chi connectivity index (χ2n) is 9.17. The van der Waals surface area contributed by atoms with Crippen molar-refractivity contribution >= 4 is 38.8 Å². The molecule has 1 saturated carbocycles. The Morgan fingerprint density at radius 1 is 1.17 bits per heavy atom. The Hall–Kier alpha value is -3.11. The van der Waals surface area contributed by atoms with Crippen molar-refractivity contribution in [1.82, 2.24) is 15.3 Å². The molecule has 1 aliphatic rings. The molecule has 0 radical (unpaired) electrons. The number of fused-ring (bicyclic) bond motifs is 1. The minimum Gasteiger partial charge on any atom is -0.453 e. The summed E-state index contributed by atoms with van der Waals surface area (Å²) in [6, 6.07) is 12.3. The molecule has 1 fully saturated rings. The van der Waals surface area contributed by atoms with E-state index in [1.807, 2.05) is 18.2 Å². The third kappa shape index (κ3) is 6.52. The van der Waals surface area contributed by atoms with Crippen LogP contribution in [0.15, 0.2) is 47.4 Å². The quantitative estimate of drug-likeness (QED) is 0.329. The molecule has 0 aliphatic heterocycles. The van der Waals surface area contributed by atoms with E-state index in [9.17, 15) is 13.2 Å². The summed E-state index contributed by atoms with van der Waals surface area (Å²) >= 11 is 0. The Labute approximate surface area is 206 Å². The van der Waals surface area contributed by atoms with E-state index >= 15 is 0 Å². The smallest absolute Gasteiger partial charge is 0.413 e. The summed E-state index contributed by atoms with van der Waals surface area (Å²) in [7, 11) is -2.60. The van der Waals surface area contributed by atoms with Crippen LogP contribution in [0.2, 0.25) is 0 Å². The zero-order valence-corrected chi connectivity index (χ0v) is 21.0. The van der Waals surface area contributed by atoms with Gasteiger partial charge in [0.2, 0.25) is 5.95 Å². The number of amides is 1. The Morgan fingerprint density at radius 2 is 1.94 bits per heavy atom. The second kappa shape index (κ2) is 11.1. The van der Waals surface area contributed by atoms with Crippen molar-refractivity contribution in [2.24, 2.45) is 5.92 Å². The topological polar surface area (TPSA) is 125 Å². The van der Waals surface area contributed by atoms with Crippen molar-refractivity contribution < 1.29 is 17.9 Å². The Morgan fingerprint density at radius 3 is 2.71 bits per heavy atom. The van der Waals surface area contributed by atoms with Gasteiger partial charge in [0.25, 0.3) is 10.0 Å². The van der Waals surface area contributed by atoms with Gasteiger partial charge in [0.05, 0.1) is 28.7 Å². The summed E-state index contributed by atoms with van der Waals surface area (Å²) in [4.78, 5) is 18.6. The predicted octanol–water partition coefficient (Wildman–Crippen LogP) is 4.99. The van der Waals surface area contributed by atoms with Gasteiger partial charge in [-0.25, -0.2) is 18.2 Å². The molecule has 0 saturated heterocycles. The molecule has 0 unspecified atom stereocenters. The highest BCUT2D eigenvalue weighted by atomic mass is 32.2. The summed E-state index contributed by atoms with van der Waals surface area (Å²) in [5, 5.41) is 6.00. The minimum atomic E-state index is -3.84. The molecular weight excluding hydrogens is 466 g/mol. The Balaban J connectivity index is 1.44. The SMILES string of the molecule is COC(=O)Nc1nc2ccc(S(=O)(=O)Nc3ccccc3CN[C@@H](C)CC3CCCCC3)cc2[nH]1. The van der Waals surface area contributed by atoms with E-state index in [2.05, 4.69) is 37.0 Å². The van der Waals surface area contributed by atoms with Crippen LogP contribution in [0.25, 0.3) is 11.0 Å². The molecule has 0 bridgehead atoms. The lowest BCUT2D eigenvalue weighted by atomic mass is 9.85. The monoisotopic (exact) mass is 499 g/mol. The van der Waals surface area contributed by atoms with Crippen LogP contribution in [-0.4, -0.2) is 37.6 Å². The molecule has 1 aliphatic carbocycles. The van der Waals surface area contributed by atoms with Crippen LogP contribution in [0.1, 0.15) is 51.0 Å². The van der Waals surface area contributed by atoms with Crippen molar-refractivity contribution in [1.29, 1.82) is 0 Å². The lowest BCUT2D eigenvalue weighted by Crippen LogP contribution is -2.29. The van der Waals surface area contributed by atoms with E-state index in [4.69, 9.17) is 0 Å². The fraction of sp³-hybridized carbons (Fsp3) is 0.440. The molecule has 3 aromatic rings. The zero-order valence-electron chi connectivity index (χ0n) is 20.1. The number of methoxy groups -OCH3 is 1. The number of aromatic amines is 1. The van der Waals surface area contributed by atoms with Gasteiger partial charge in [0.1, 0.15) is 0 Å². The van der Waals surface area contributed by atoms with Crippen LogP contribution in [0, 0.1) is 5.92 Å². The third-order valence-electron chi connectivity index (χ3n) is 6.48. The van der Waals surface area contributed by atoms with Gasteiger partial charge < -0.3 is 15.0 Å². The summed E-state index contributed by atoms with van der Waals surface area (Å²) in [6.45, 7) is 2.78. The maximum absolute atomic E-state index is 13.2. The number of hydrogen-bond acceptors (Lipinski definition) is 6. The van der Waals surface area contributed by atoms with Crippen LogP contribution < -0.4 is 15.4 Å². The molecular formula is C25H33N5O4S. The zero-order chi connectivity index (χ0) is 24.8. The molecule has 188 valence electrons. The molecule has 35 heavy (non-hydrogen) atoms. The average Bonchev–Trinajstić information content (AvgIpc) is 3.25. The van der Waals surface area contributed by atoms with Gasteiger partial charge in [-0.3, -0.25) is 10.0 Å². The number of nitrogens with one attached hydrogen (secondary N) is 4. The second-order valence-corrected chi connectivity index (χ2v) is 10.8. The number of sulfonamides is 1. The number of hydrogen-bond donors (Lipinski definition) is 4. The fourth-order valence-corrected chi connectivity index (χ4v) is 5.76. The van der Waals surface area contributed by atoms with Crippen molar-refractivity contribution in [3.8, 4) is 0 Å². The molecule has 1 aromatic heterocycles. The van der Waals surface area contributed by atoms with Crippen LogP contribution >= 0.6 is 0 Å². The van der Waals surface area contributed by atoms with Gasteiger partial charge in [-0.2, -0.15) is 0 Å². The Kier molecular flexibility index (Phi) is 7.92. The van der Waals surface area contributed by atoms with E-state index in [1.165, 1.54) is 51.3 Å². The highest BCUT2D eigenvalue weighted by Crippen LogP contribution is 2.28. The first-order valence-corrected chi connectivity index (χ1v) is 13.5. The maximum Gasteiger partial charge on any atom is 0.413 e. The fourth-order valence-electron chi connectivity index (χ4n) is 4.63. The predicted molar refractivity (Wildman–Crippen MR) is 137 cm³/mol. The van der Waals surface area contributed by atoms with Crippen molar-refractivity contribution in [3.05, 3.63) is 48.0 Å². The molecule has 9 nitrogen and oxygen atoms in total. The van der Waals surface area contributed by atoms with Crippen LogP contribution in [-0.2, 0) is 21.3 Å². The highest BCUT2D eigenvalue weighted by Gasteiger charge is 2.19. The molecule has 4 rings (SSSR count). The van der Waals surface area contributed by atoms with Crippen LogP contribution in [0.4, 0.5) is 16.4 Å². The molecule has 1 amide bonds. The first-order valence-electron chi connectivity index (χ1n) is 12.0. The third-order valence-corrected chi connectivity index (χ3v) is 7.85. The summed E-state index contributed by atoms with van der Waals surface area (Å²) in [6.07, 6.45) is 7.10. The first kappa shape index (κ1) is 25.0. The van der Waals surface area contributed by atoms with Gasteiger partial charge >= 0.3 is 6.09 Å². The van der Waals surface area contributed by atoms with Gasteiger partial charge in [0.15, 0.2) is 0 Å². The highest BCUT2D eigenvalue weighted by molar-refractivity contribution is 7.92. The largest absolute Gasteiger partial charge is 0.453 e. The Bertz CT molecular complexity index is 1270. The molecule has 0 spiro atoms. The van der Waals surface area contributed by atoms with Gasteiger partial charge in [-0.1, -0.05) is 50.3 Å². The van der Waals surface area contributed by atoms with E-state index in [0.717, 1.165) is 17.9 Å². The maximum atomic E-state index is 13.2.